The van der Waals surface area contributed by atoms with E-state index >= 15 is 0 Å². The van der Waals surface area contributed by atoms with E-state index in [2.05, 4.69) is 21.9 Å². The summed E-state index contributed by atoms with van der Waals surface area (Å²) in [7, 11) is 2.08. The summed E-state index contributed by atoms with van der Waals surface area (Å²) in [6.07, 6.45) is 11.2. The first-order valence-corrected chi connectivity index (χ1v) is 5.53. The predicted molar refractivity (Wildman–Crippen MR) is 57.0 cm³/mol. The van der Waals surface area contributed by atoms with Gasteiger partial charge in [-0.25, -0.2) is 4.98 Å². The van der Waals surface area contributed by atoms with Gasteiger partial charge in [-0.15, -0.1) is 0 Å². The number of hydrogen-bond donors (Lipinski definition) is 1. The lowest BCUT2D eigenvalue weighted by Crippen LogP contribution is -2.29. The second-order valence-electron chi connectivity index (χ2n) is 4.18. The van der Waals surface area contributed by atoms with Gasteiger partial charge in [-0.3, -0.25) is 0 Å². The predicted octanol–water partition coefficient (Wildman–Crippen LogP) is 1.66. The highest BCUT2D eigenvalue weighted by Gasteiger charge is 2.25. The normalized spacial score (nSPS) is 26.9. The zero-order valence-corrected chi connectivity index (χ0v) is 8.82. The molecule has 1 aromatic heterocycles. The molecule has 2 unspecified atom stereocenters. The van der Waals surface area contributed by atoms with Crippen LogP contribution in [0.25, 0.3) is 0 Å². The first kappa shape index (κ1) is 9.71. The van der Waals surface area contributed by atoms with Gasteiger partial charge in [0, 0.05) is 25.0 Å². The quantitative estimate of drug-likeness (QED) is 0.788. The first-order chi connectivity index (χ1) is 6.90. The van der Waals surface area contributed by atoms with Crippen molar-refractivity contribution >= 4 is 0 Å². The van der Waals surface area contributed by atoms with Crippen LogP contribution in [-0.2, 0) is 6.54 Å². The second kappa shape index (κ2) is 4.60. The van der Waals surface area contributed by atoms with E-state index in [-0.39, 0.29) is 0 Å². The van der Waals surface area contributed by atoms with Gasteiger partial charge in [0.25, 0.3) is 0 Å². The van der Waals surface area contributed by atoms with Gasteiger partial charge in [0.05, 0.1) is 6.33 Å². The summed E-state index contributed by atoms with van der Waals surface area (Å²) in [5, 5.41) is 3.42. The molecule has 0 aliphatic heterocycles. The highest BCUT2D eigenvalue weighted by molar-refractivity contribution is 4.83. The third-order valence-corrected chi connectivity index (χ3v) is 3.35. The van der Waals surface area contributed by atoms with Crippen molar-refractivity contribution in [3.63, 3.8) is 0 Å². The standard InChI is InChI=1S/C11H19N3/c1-12-11-4-2-3-10(11)5-7-14-8-6-13-9-14/h6,8-12H,2-5,7H2,1H3. The molecule has 3 heteroatoms. The maximum absolute atomic E-state index is 4.05. The third-order valence-electron chi connectivity index (χ3n) is 3.35. The van der Waals surface area contributed by atoms with Crippen LogP contribution in [0.15, 0.2) is 18.7 Å². The SMILES string of the molecule is CNC1CCCC1CCn1ccnc1. The molecule has 0 amide bonds. The molecule has 0 bridgehead atoms. The smallest absolute Gasteiger partial charge is 0.0945 e. The summed E-state index contributed by atoms with van der Waals surface area (Å²) in [5.74, 6) is 0.863. The Labute approximate surface area is 85.5 Å². The third kappa shape index (κ3) is 2.15. The Bertz CT molecular complexity index is 256. The van der Waals surface area contributed by atoms with E-state index in [4.69, 9.17) is 0 Å². The number of hydrogen-bond acceptors (Lipinski definition) is 2. The second-order valence-corrected chi connectivity index (χ2v) is 4.18. The van der Waals surface area contributed by atoms with E-state index in [1.807, 2.05) is 18.7 Å². The van der Waals surface area contributed by atoms with Gasteiger partial charge in [-0.1, -0.05) is 6.42 Å². The fourth-order valence-electron chi connectivity index (χ4n) is 2.50. The first-order valence-electron chi connectivity index (χ1n) is 5.53. The molecule has 1 aromatic rings. The number of aromatic nitrogens is 2. The minimum atomic E-state index is 0.749. The van der Waals surface area contributed by atoms with Crippen LogP contribution < -0.4 is 5.32 Å². The van der Waals surface area contributed by atoms with E-state index in [0.717, 1.165) is 18.5 Å². The van der Waals surface area contributed by atoms with Gasteiger partial charge < -0.3 is 9.88 Å². The van der Waals surface area contributed by atoms with Gasteiger partial charge in [-0.2, -0.15) is 0 Å². The highest BCUT2D eigenvalue weighted by atomic mass is 15.0. The molecule has 0 radical (unpaired) electrons. The number of rotatable bonds is 4. The van der Waals surface area contributed by atoms with E-state index in [1.165, 1.54) is 25.7 Å². The summed E-state index contributed by atoms with van der Waals surface area (Å²) in [6.45, 7) is 1.11. The molecule has 0 saturated heterocycles. The summed E-state index contributed by atoms with van der Waals surface area (Å²) in [5.41, 5.74) is 0. The topological polar surface area (TPSA) is 29.9 Å². The maximum atomic E-state index is 4.05. The molecule has 1 N–H and O–H groups in total. The fraction of sp³-hybridized carbons (Fsp3) is 0.727. The van der Waals surface area contributed by atoms with Crippen LogP contribution >= 0.6 is 0 Å². The highest BCUT2D eigenvalue weighted by Crippen LogP contribution is 2.28. The summed E-state index contributed by atoms with van der Waals surface area (Å²) in [4.78, 5) is 4.05. The molecule has 1 saturated carbocycles. The van der Waals surface area contributed by atoms with Crippen LogP contribution in [0, 0.1) is 5.92 Å². The van der Waals surface area contributed by atoms with Crippen molar-refractivity contribution in [3.8, 4) is 0 Å². The molecular weight excluding hydrogens is 174 g/mol. The Morgan fingerprint density at radius 2 is 2.43 bits per heavy atom. The zero-order valence-electron chi connectivity index (χ0n) is 8.82. The molecule has 1 aliphatic carbocycles. The Kier molecular flexibility index (Phi) is 3.19. The summed E-state index contributed by atoms with van der Waals surface area (Å²) in [6, 6.07) is 0.749. The molecule has 78 valence electrons. The van der Waals surface area contributed by atoms with Crippen LogP contribution in [0.2, 0.25) is 0 Å². The molecule has 0 spiro atoms. The molecule has 14 heavy (non-hydrogen) atoms. The Hall–Kier alpha value is -0.830. The largest absolute Gasteiger partial charge is 0.337 e. The molecule has 2 rings (SSSR count). The van der Waals surface area contributed by atoms with Crippen LogP contribution in [0.4, 0.5) is 0 Å². The van der Waals surface area contributed by atoms with E-state index < -0.39 is 0 Å². The molecular formula is C11H19N3. The van der Waals surface area contributed by atoms with E-state index in [1.54, 1.807) is 0 Å². The monoisotopic (exact) mass is 193 g/mol. The lowest BCUT2D eigenvalue weighted by molar-refractivity contribution is 0.378. The van der Waals surface area contributed by atoms with Gasteiger partial charge in [0.1, 0.15) is 0 Å². The number of aryl methyl sites for hydroxylation is 1. The van der Waals surface area contributed by atoms with Crippen molar-refractivity contribution in [2.75, 3.05) is 7.05 Å². The average Bonchev–Trinajstić information content (AvgIpc) is 2.85. The molecule has 1 heterocycles. The van der Waals surface area contributed by atoms with Gasteiger partial charge in [0.15, 0.2) is 0 Å². The maximum Gasteiger partial charge on any atom is 0.0945 e. The lowest BCUT2D eigenvalue weighted by Gasteiger charge is -2.18. The van der Waals surface area contributed by atoms with Crippen LogP contribution in [-0.4, -0.2) is 22.6 Å². The number of nitrogens with one attached hydrogen (secondary N) is 1. The van der Waals surface area contributed by atoms with Gasteiger partial charge >= 0.3 is 0 Å². The van der Waals surface area contributed by atoms with E-state index in [9.17, 15) is 0 Å². The van der Waals surface area contributed by atoms with Crippen molar-refractivity contribution in [1.82, 2.24) is 14.9 Å². The minimum absolute atomic E-state index is 0.749. The van der Waals surface area contributed by atoms with Crippen molar-refractivity contribution in [2.24, 2.45) is 5.92 Å². The Morgan fingerprint density at radius 3 is 3.14 bits per heavy atom. The molecule has 2 atom stereocenters. The summed E-state index contributed by atoms with van der Waals surface area (Å²) >= 11 is 0. The van der Waals surface area contributed by atoms with Gasteiger partial charge in [0.2, 0.25) is 0 Å². The van der Waals surface area contributed by atoms with Crippen molar-refractivity contribution in [1.29, 1.82) is 0 Å². The number of nitrogens with zero attached hydrogens (tertiary/aromatic N) is 2. The lowest BCUT2D eigenvalue weighted by atomic mass is 10.00. The Morgan fingerprint density at radius 1 is 1.50 bits per heavy atom. The van der Waals surface area contributed by atoms with Crippen LogP contribution in [0.1, 0.15) is 25.7 Å². The average molecular weight is 193 g/mol. The molecule has 1 aliphatic rings. The number of imidazole rings is 1. The van der Waals surface area contributed by atoms with Crippen molar-refractivity contribution in [2.45, 2.75) is 38.3 Å². The molecule has 1 fully saturated rings. The van der Waals surface area contributed by atoms with E-state index in [0.29, 0.717) is 0 Å². The Balaban J connectivity index is 1.80. The van der Waals surface area contributed by atoms with Gasteiger partial charge in [-0.05, 0) is 32.2 Å². The summed E-state index contributed by atoms with van der Waals surface area (Å²) < 4.78 is 2.17. The van der Waals surface area contributed by atoms with Crippen molar-refractivity contribution in [3.05, 3.63) is 18.7 Å². The molecule has 0 aromatic carbocycles. The molecule has 3 nitrogen and oxygen atoms in total. The minimum Gasteiger partial charge on any atom is -0.337 e. The zero-order chi connectivity index (χ0) is 9.80. The van der Waals surface area contributed by atoms with Crippen LogP contribution in [0.5, 0.6) is 0 Å². The van der Waals surface area contributed by atoms with Crippen molar-refractivity contribution < 1.29 is 0 Å². The van der Waals surface area contributed by atoms with Crippen LogP contribution in [0.3, 0.4) is 0 Å². The fourth-order valence-corrected chi connectivity index (χ4v) is 2.50.